The van der Waals surface area contributed by atoms with Crippen LogP contribution < -0.4 is 0 Å². The third kappa shape index (κ3) is 3.46. The number of nitrogens with zero attached hydrogens (tertiary/aromatic N) is 4. The number of benzene rings is 1. The Morgan fingerprint density at radius 3 is 2.62 bits per heavy atom. The largest absolute Gasteiger partial charge is 0.508 e. The third-order valence-electron chi connectivity index (χ3n) is 4.59. The van der Waals surface area contributed by atoms with E-state index in [4.69, 9.17) is 26.0 Å². The second-order valence-corrected chi connectivity index (χ2v) is 7.00. The molecule has 0 spiro atoms. The van der Waals surface area contributed by atoms with E-state index in [9.17, 15) is 5.11 Å². The van der Waals surface area contributed by atoms with Gasteiger partial charge in [0.2, 0.25) is 0 Å². The van der Waals surface area contributed by atoms with Gasteiger partial charge in [0.25, 0.3) is 0 Å². The fourth-order valence-electron chi connectivity index (χ4n) is 3.24. The molecule has 0 saturated carbocycles. The summed E-state index contributed by atoms with van der Waals surface area (Å²) in [6.07, 6.45) is 7.78. The molecule has 0 unspecified atom stereocenters. The lowest BCUT2D eigenvalue weighted by molar-refractivity contribution is 0.475. The Hall–Kier alpha value is -3.64. The van der Waals surface area contributed by atoms with E-state index >= 15 is 0 Å². The lowest BCUT2D eigenvalue weighted by atomic mass is 10.1. The van der Waals surface area contributed by atoms with Crippen molar-refractivity contribution in [3.05, 3.63) is 90.0 Å². The molecule has 0 fully saturated rings. The maximum absolute atomic E-state index is 9.60. The number of pyridine rings is 1. The summed E-state index contributed by atoms with van der Waals surface area (Å²) in [5, 5.41) is 9.99. The molecule has 5 rings (SSSR count). The number of halogens is 1. The molecular weight excluding hydrogens is 388 g/mol. The fraction of sp³-hybridized carbons (Fsp3) is 0.0455. The van der Waals surface area contributed by atoms with Gasteiger partial charge in [0, 0.05) is 36.1 Å². The lowest BCUT2D eigenvalue weighted by Crippen LogP contribution is -1.96. The van der Waals surface area contributed by atoms with Crippen molar-refractivity contribution in [1.29, 1.82) is 0 Å². The summed E-state index contributed by atoms with van der Waals surface area (Å²) in [4.78, 5) is 13.7. The van der Waals surface area contributed by atoms with Gasteiger partial charge in [0.15, 0.2) is 5.65 Å². The first-order chi connectivity index (χ1) is 14.2. The number of rotatable bonds is 4. The first-order valence-electron chi connectivity index (χ1n) is 8.98. The molecule has 0 atom stereocenters. The van der Waals surface area contributed by atoms with Crippen molar-refractivity contribution in [2.75, 3.05) is 0 Å². The quantitative estimate of drug-likeness (QED) is 0.428. The molecule has 0 aliphatic heterocycles. The third-order valence-corrected chi connectivity index (χ3v) is 4.79. The normalized spacial score (nSPS) is 11.2. The van der Waals surface area contributed by atoms with E-state index in [1.54, 1.807) is 30.7 Å². The van der Waals surface area contributed by atoms with Gasteiger partial charge in [0.1, 0.15) is 22.4 Å². The van der Waals surface area contributed by atoms with Crippen molar-refractivity contribution in [1.82, 2.24) is 19.4 Å². The number of hydrogen-bond donors (Lipinski definition) is 1. The molecule has 29 heavy (non-hydrogen) atoms. The molecule has 0 radical (unpaired) electrons. The smallest absolute Gasteiger partial charge is 0.163 e. The summed E-state index contributed by atoms with van der Waals surface area (Å²) in [6, 6.07) is 14.3. The molecule has 0 saturated heterocycles. The monoisotopic (exact) mass is 402 g/mol. The van der Waals surface area contributed by atoms with Crippen LogP contribution >= 0.6 is 11.6 Å². The second kappa shape index (κ2) is 7.07. The number of aromatic hydroxyl groups is 1. The standard InChI is InChI=1S/C22H15ClN4O2/c23-20-10-15(7-8-24-20)21-22-25-16(11-18-2-1-9-29-18)12-27(22)13-19(26-21)14-3-5-17(28)6-4-14/h1-10,12-13,28H,11H2. The van der Waals surface area contributed by atoms with Crippen molar-refractivity contribution in [2.24, 2.45) is 0 Å². The van der Waals surface area contributed by atoms with Gasteiger partial charge in [-0.2, -0.15) is 0 Å². The van der Waals surface area contributed by atoms with Gasteiger partial charge in [-0.25, -0.2) is 15.0 Å². The van der Waals surface area contributed by atoms with Crippen molar-refractivity contribution in [2.45, 2.75) is 6.42 Å². The van der Waals surface area contributed by atoms with Gasteiger partial charge in [-0.05, 0) is 48.5 Å². The Labute approximate surface area is 171 Å². The van der Waals surface area contributed by atoms with E-state index in [1.165, 1.54) is 0 Å². The minimum absolute atomic E-state index is 0.208. The Bertz CT molecular complexity index is 1290. The molecule has 0 amide bonds. The van der Waals surface area contributed by atoms with Gasteiger partial charge in [-0.3, -0.25) is 0 Å². The van der Waals surface area contributed by atoms with Crippen LogP contribution in [0.5, 0.6) is 5.75 Å². The summed E-state index contributed by atoms with van der Waals surface area (Å²) >= 11 is 6.11. The van der Waals surface area contributed by atoms with Crippen LogP contribution in [0.1, 0.15) is 11.5 Å². The summed E-state index contributed by atoms with van der Waals surface area (Å²) in [5.74, 6) is 1.05. The first kappa shape index (κ1) is 17.5. The average Bonchev–Trinajstić information content (AvgIpc) is 3.37. The number of aromatic nitrogens is 4. The predicted molar refractivity (Wildman–Crippen MR) is 110 cm³/mol. The molecule has 5 aromatic rings. The molecular formula is C22H15ClN4O2. The highest BCUT2D eigenvalue weighted by Crippen LogP contribution is 2.29. The SMILES string of the molecule is Oc1ccc(-c2cn3cc(Cc4ccco4)nc3c(-c3ccnc(Cl)c3)n2)cc1. The highest BCUT2D eigenvalue weighted by molar-refractivity contribution is 6.29. The van der Waals surface area contributed by atoms with Crippen molar-refractivity contribution < 1.29 is 9.52 Å². The van der Waals surface area contributed by atoms with Crippen molar-refractivity contribution >= 4 is 17.2 Å². The molecule has 6 nitrogen and oxygen atoms in total. The molecule has 4 aromatic heterocycles. The highest BCUT2D eigenvalue weighted by atomic mass is 35.5. The summed E-state index contributed by atoms with van der Waals surface area (Å²) in [6.45, 7) is 0. The minimum atomic E-state index is 0.208. The van der Waals surface area contributed by atoms with Crippen LogP contribution in [-0.4, -0.2) is 24.5 Å². The topological polar surface area (TPSA) is 76.5 Å². The molecule has 7 heteroatoms. The zero-order valence-corrected chi connectivity index (χ0v) is 15.9. The van der Waals surface area contributed by atoms with Crippen LogP contribution in [0, 0.1) is 0 Å². The van der Waals surface area contributed by atoms with Crippen LogP contribution in [0.25, 0.3) is 28.2 Å². The highest BCUT2D eigenvalue weighted by Gasteiger charge is 2.15. The fourth-order valence-corrected chi connectivity index (χ4v) is 3.41. The molecule has 0 bridgehead atoms. The van der Waals surface area contributed by atoms with Crippen molar-refractivity contribution in [3.8, 4) is 28.3 Å². The maximum Gasteiger partial charge on any atom is 0.163 e. The maximum atomic E-state index is 9.60. The number of phenolic OH excluding ortho intramolecular Hbond substituents is 1. The van der Waals surface area contributed by atoms with Gasteiger partial charge in [-0.15, -0.1) is 0 Å². The van der Waals surface area contributed by atoms with E-state index in [0.29, 0.717) is 17.3 Å². The molecule has 0 aliphatic rings. The summed E-state index contributed by atoms with van der Waals surface area (Å²) < 4.78 is 7.41. The second-order valence-electron chi connectivity index (χ2n) is 6.61. The lowest BCUT2D eigenvalue weighted by Gasteiger charge is -2.08. The molecule has 0 aliphatic carbocycles. The van der Waals surface area contributed by atoms with Crippen molar-refractivity contribution in [3.63, 3.8) is 0 Å². The zero-order valence-electron chi connectivity index (χ0n) is 15.2. The van der Waals surface area contributed by atoms with Crippen LogP contribution in [0.3, 0.4) is 0 Å². The van der Waals surface area contributed by atoms with E-state index < -0.39 is 0 Å². The van der Waals surface area contributed by atoms with Gasteiger partial charge in [-0.1, -0.05) is 11.6 Å². The number of furan rings is 1. The van der Waals surface area contributed by atoms with Gasteiger partial charge < -0.3 is 13.9 Å². The molecule has 1 N–H and O–H groups in total. The zero-order chi connectivity index (χ0) is 19.8. The first-order valence-corrected chi connectivity index (χ1v) is 9.36. The van der Waals surface area contributed by atoms with Crippen LogP contribution in [0.2, 0.25) is 5.15 Å². The van der Waals surface area contributed by atoms with Gasteiger partial charge in [0.05, 0.1) is 17.7 Å². The van der Waals surface area contributed by atoms with E-state index in [-0.39, 0.29) is 5.75 Å². The van der Waals surface area contributed by atoms with E-state index in [0.717, 1.165) is 33.9 Å². The minimum Gasteiger partial charge on any atom is -0.508 e. The number of imidazole rings is 1. The Morgan fingerprint density at radius 2 is 1.86 bits per heavy atom. The Balaban J connectivity index is 1.70. The summed E-state index contributed by atoms with van der Waals surface area (Å²) in [7, 11) is 0. The van der Waals surface area contributed by atoms with E-state index in [2.05, 4.69) is 4.98 Å². The molecule has 1 aromatic carbocycles. The number of fused-ring (bicyclic) bond motifs is 1. The Morgan fingerprint density at radius 1 is 1.00 bits per heavy atom. The average molecular weight is 403 g/mol. The number of hydrogen-bond acceptors (Lipinski definition) is 5. The number of phenols is 1. The van der Waals surface area contributed by atoms with Gasteiger partial charge >= 0.3 is 0 Å². The molecule has 4 heterocycles. The Kier molecular flexibility index (Phi) is 4.26. The van der Waals surface area contributed by atoms with E-state index in [1.807, 2.05) is 47.1 Å². The van der Waals surface area contributed by atoms with Crippen LogP contribution in [-0.2, 0) is 6.42 Å². The van der Waals surface area contributed by atoms with Crippen LogP contribution in [0.15, 0.2) is 77.8 Å². The molecule has 142 valence electrons. The predicted octanol–water partition coefficient (Wildman–Crippen LogP) is 5.00. The van der Waals surface area contributed by atoms with Crippen LogP contribution in [0.4, 0.5) is 0 Å². The summed E-state index contributed by atoms with van der Waals surface area (Å²) in [5.41, 5.74) is 4.74.